The zero-order valence-electron chi connectivity index (χ0n) is 5.82. The summed E-state index contributed by atoms with van der Waals surface area (Å²) in [5, 5.41) is 0.760. The molecule has 0 rings (SSSR count). The molecule has 0 unspecified atom stereocenters. The summed E-state index contributed by atoms with van der Waals surface area (Å²) in [5.41, 5.74) is 0. The molecular weight excluding hydrogens is 152 g/mol. The molecule has 9 heavy (non-hydrogen) atoms. The van der Waals surface area contributed by atoms with Crippen molar-refractivity contribution in [2.24, 2.45) is 0 Å². The van der Waals surface area contributed by atoms with Crippen LogP contribution in [-0.2, 0) is 0 Å². The SMILES string of the molecule is C=C(Cl)CSCCCC. The van der Waals surface area contributed by atoms with Crippen LogP contribution in [0.3, 0.4) is 0 Å². The number of thioether (sulfide) groups is 1. The molecule has 2 heteroatoms. The van der Waals surface area contributed by atoms with Crippen molar-refractivity contribution in [3.05, 3.63) is 11.6 Å². The van der Waals surface area contributed by atoms with E-state index in [2.05, 4.69) is 13.5 Å². The van der Waals surface area contributed by atoms with Crippen LogP contribution >= 0.6 is 23.4 Å². The van der Waals surface area contributed by atoms with E-state index in [4.69, 9.17) is 11.6 Å². The maximum absolute atomic E-state index is 5.54. The second-order valence-corrected chi connectivity index (χ2v) is 3.56. The summed E-state index contributed by atoms with van der Waals surface area (Å²) in [7, 11) is 0. The van der Waals surface area contributed by atoms with E-state index >= 15 is 0 Å². The van der Waals surface area contributed by atoms with Gasteiger partial charge in [-0.25, -0.2) is 0 Å². The van der Waals surface area contributed by atoms with E-state index in [1.165, 1.54) is 18.6 Å². The van der Waals surface area contributed by atoms with Crippen molar-refractivity contribution in [1.29, 1.82) is 0 Å². The van der Waals surface area contributed by atoms with E-state index in [1.807, 2.05) is 11.8 Å². The lowest BCUT2D eigenvalue weighted by molar-refractivity contribution is 0.897. The van der Waals surface area contributed by atoms with Crippen molar-refractivity contribution in [3.63, 3.8) is 0 Å². The third kappa shape index (κ3) is 8.38. The van der Waals surface area contributed by atoms with Gasteiger partial charge in [0.2, 0.25) is 0 Å². The Morgan fingerprint density at radius 3 is 2.78 bits per heavy atom. The topological polar surface area (TPSA) is 0 Å². The number of rotatable bonds is 5. The van der Waals surface area contributed by atoms with Gasteiger partial charge in [-0.3, -0.25) is 0 Å². The third-order valence-electron chi connectivity index (χ3n) is 0.901. The van der Waals surface area contributed by atoms with Gasteiger partial charge in [-0.1, -0.05) is 31.5 Å². The van der Waals surface area contributed by atoms with Gasteiger partial charge in [0, 0.05) is 10.8 Å². The highest BCUT2D eigenvalue weighted by Gasteiger charge is 1.88. The summed E-state index contributed by atoms with van der Waals surface area (Å²) in [5.74, 6) is 2.11. The summed E-state index contributed by atoms with van der Waals surface area (Å²) < 4.78 is 0. The van der Waals surface area contributed by atoms with E-state index in [-0.39, 0.29) is 0 Å². The Labute approximate surface area is 66.7 Å². The molecule has 0 aromatic carbocycles. The second kappa shape index (κ2) is 6.50. The maximum atomic E-state index is 5.54. The first kappa shape index (κ1) is 9.38. The Balaban J connectivity index is 2.83. The minimum absolute atomic E-state index is 0.760. The number of hydrogen-bond acceptors (Lipinski definition) is 1. The fourth-order valence-electron chi connectivity index (χ4n) is 0.429. The summed E-state index contributed by atoms with van der Waals surface area (Å²) in [6, 6.07) is 0. The number of hydrogen-bond donors (Lipinski definition) is 0. The highest BCUT2D eigenvalue weighted by Crippen LogP contribution is 2.10. The van der Waals surface area contributed by atoms with Crippen LogP contribution in [0.15, 0.2) is 11.6 Å². The highest BCUT2D eigenvalue weighted by atomic mass is 35.5. The van der Waals surface area contributed by atoms with Gasteiger partial charge in [0.1, 0.15) is 0 Å². The Morgan fingerprint density at radius 1 is 1.67 bits per heavy atom. The van der Waals surface area contributed by atoms with Gasteiger partial charge >= 0.3 is 0 Å². The first-order chi connectivity index (χ1) is 4.27. The molecule has 0 aliphatic carbocycles. The standard InChI is InChI=1S/C7H13ClS/c1-3-4-5-9-6-7(2)8/h2-6H2,1H3. The average Bonchev–Trinajstić information content (AvgIpc) is 1.80. The molecule has 54 valence electrons. The van der Waals surface area contributed by atoms with Gasteiger partial charge in [-0.2, -0.15) is 11.8 Å². The van der Waals surface area contributed by atoms with Gasteiger partial charge in [0.25, 0.3) is 0 Å². The molecule has 0 spiro atoms. The van der Waals surface area contributed by atoms with Crippen molar-refractivity contribution < 1.29 is 0 Å². The molecule has 0 aliphatic rings. The molecule has 0 atom stereocenters. The Morgan fingerprint density at radius 2 is 2.33 bits per heavy atom. The van der Waals surface area contributed by atoms with E-state index in [0.29, 0.717) is 0 Å². The van der Waals surface area contributed by atoms with Crippen LogP contribution in [-0.4, -0.2) is 11.5 Å². The average molecular weight is 165 g/mol. The van der Waals surface area contributed by atoms with Crippen molar-refractivity contribution in [2.45, 2.75) is 19.8 Å². The quantitative estimate of drug-likeness (QED) is 0.562. The summed E-state index contributed by atoms with van der Waals surface area (Å²) in [4.78, 5) is 0. The molecule has 0 amide bonds. The van der Waals surface area contributed by atoms with Crippen LogP contribution in [0.2, 0.25) is 0 Å². The summed E-state index contributed by atoms with van der Waals surface area (Å²) >= 11 is 7.40. The minimum Gasteiger partial charge on any atom is -0.156 e. The lowest BCUT2D eigenvalue weighted by Gasteiger charge is -1.95. The predicted octanol–water partition coefficient (Wildman–Crippen LogP) is 3.27. The molecule has 0 N–H and O–H groups in total. The van der Waals surface area contributed by atoms with Crippen LogP contribution in [0.5, 0.6) is 0 Å². The van der Waals surface area contributed by atoms with Crippen LogP contribution in [0.1, 0.15) is 19.8 Å². The first-order valence-electron chi connectivity index (χ1n) is 3.18. The Hall–Kier alpha value is 0.380. The molecule has 0 aliphatic heterocycles. The lowest BCUT2D eigenvalue weighted by atomic mass is 10.4. The largest absolute Gasteiger partial charge is 0.156 e. The van der Waals surface area contributed by atoms with Crippen LogP contribution < -0.4 is 0 Å². The molecule has 0 aromatic heterocycles. The van der Waals surface area contributed by atoms with Crippen LogP contribution in [0, 0.1) is 0 Å². The Bertz CT molecular complexity index is 81.0. The van der Waals surface area contributed by atoms with Gasteiger partial charge in [0.05, 0.1) is 0 Å². The van der Waals surface area contributed by atoms with E-state index < -0.39 is 0 Å². The molecular formula is C7H13ClS. The number of halogens is 1. The minimum atomic E-state index is 0.760. The summed E-state index contributed by atoms with van der Waals surface area (Å²) in [6.45, 7) is 5.79. The van der Waals surface area contributed by atoms with Crippen molar-refractivity contribution in [2.75, 3.05) is 11.5 Å². The zero-order valence-corrected chi connectivity index (χ0v) is 7.39. The van der Waals surface area contributed by atoms with Crippen LogP contribution in [0.4, 0.5) is 0 Å². The molecule has 0 bridgehead atoms. The lowest BCUT2D eigenvalue weighted by Crippen LogP contribution is -1.80. The molecule has 0 fully saturated rings. The molecule has 0 nitrogen and oxygen atoms in total. The van der Waals surface area contributed by atoms with Gasteiger partial charge in [0.15, 0.2) is 0 Å². The fourth-order valence-corrected chi connectivity index (χ4v) is 1.52. The maximum Gasteiger partial charge on any atom is 0.0286 e. The van der Waals surface area contributed by atoms with E-state index in [0.717, 1.165) is 10.8 Å². The van der Waals surface area contributed by atoms with Crippen molar-refractivity contribution in [3.8, 4) is 0 Å². The summed E-state index contributed by atoms with van der Waals surface area (Å²) in [6.07, 6.45) is 2.55. The normalized spacial score (nSPS) is 9.56. The fraction of sp³-hybridized carbons (Fsp3) is 0.714. The monoisotopic (exact) mass is 164 g/mol. The predicted molar refractivity (Wildman–Crippen MR) is 47.2 cm³/mol. The first-order valence-corrected chi connectivity index (χ1v) is 4.71. The van der Waals surface area contributed by atoms with Gasteiger partial charge in [-0.05, 0) is 12.2 Å². The van der Waals surface area contributed by atoms with E-state index in [9.17, 15) is 0 Å². The van der Waals surface area contributed by atoms with Gasteiger partial charge in [-0.15, -0.1) is 0 Å². The van der Waals surface area contributed by atoms with E-state index in [1.54, 1.807) is 0 Å². The van der Waals surface area contributed by atoms with Crippen LogP contribution in [0.25, 0.3) is 0 Å². The third-order valence-corrected chi connectivity index (χ3v) is 2.32. The Kier molecular flexibility index (Phi) is 6.77. The van der Waals surface area contributed by atoms with Crippen molar-refractivity contribution in [1.82, 2.24) is 0 Å². The molecule has 0 saturated heterocycles. The molecule has 0 saturated carbocycles. The molecule has 0 radical (unpaired) electrons. The molecule has 0 aromatic rings. The molecule has 0 heterocycles. The second-order valence-electron chi connectivity index (χ2n) is 1.92. The smallest absolute Gasteiger partial charge is 0.0286 e. The van der Waals surface area contributed by atoms with Crippen molar-refractivity contribution >= 4 is 23.4 Å². The zero-order chi connectivity index (χ0) is 7.11. The highest BCUT2D eigenvalue weighted by molar-refractivity contribution is 7.99. The van der Waals surface area contributed by atoms with Gasteiger partial charge < -0.3 is 0 Å². The number of unbranched alkanes of at least 4 members (excludes halogenated alkanes) is 1.